The van der Waals surface area contributed by atoms with Gasteiger partial charge in [0.25, 0.3) is 5.56 Å². The molecule has 26 heavy (non-hydrogen) atoms. The first kappa shape index (κ1) is 16.3. The summed E-state index contributed by atoms with van der Waals surface area (Å²) in [6, 6.07) is 4.18. The molecule has 0 amide bonds. The van der Waals surface area contributed by atoms with E-state index in [0.717, 1.165) is 52.7 Å². The quantitative estimate of drug-likeness (QED) is 0.743. The Bertz CT molecular complexity index is 1030. The molecular weight excluding hydrogens is 346 g/mol. The second-order valence-electron chi connectivity index (χ2n) is 7.85. The number of H-pyrrole nitrogens is 1. The highest BCUT2D eigenvalue weighted by atomic mass is 32.1. The molecule has 0 spiro atoms. The van der Waals surface area contributed by atoms with E-state index in [1.165, 1.54) is 16.9 Å². The summed E-state index contributed by atoms with van der Waals surface area (Å²) >= 11 is 1.69. The van der Waals surface area contributed by atoms with Crippen LogP contribution in [-0.4, -0.2) is 21.9 Å². The third kappa shape index (κ3) is 2.81. The van der Waals surface area contributed by atoms with Gasteiger partial charge >= 0.3 is 0 Å². The van der Waals surface area contributed by atoms with Crippen LogP contribution in [0.5, 0.6) is 0 Å². The highest BCUT2D eigenvalue weighted by Crippen LogP contribution is 2.47. The number of nitrogens with zero attached hydrogens (tertiary/aromatic N) is 2. The van der Waals surface area contributed by atoms with Crippen LogP contribution in [0.1, 0.15) is 53.5 Å². The van der Waals surface area contributed by atoms with E-state index in [1.54, 1.807) is 11.3 Å². The van der Waals surface area contributed by atoms with Gasteiger partial charge in [0.15, 0.2) is 0 Å². The van der Waals surface area contributed by atoms with Crippen molar-refractivity contribution in [2.24, 2.45) is 5.92 Å². The lowest BCUT2D eigenvalue weighted by molar-refractivity contribution is 0.277. The largest absolute Gasteiger partial charge is 0.464 e. The smallest absolute Gasteiger partial charge is 0.259 e. The van der Waals surface area contributed by atoms with Crippen LogP contribution >= 0.6 is 11.3 Å². The topological polar surface area (TPSA) is 62.1 Å². The van der Waals surface area contributed by atoms with Gasteiger partial charge in [-0.25, -0.2) is 4.98 Å². The number of thiophene rings is 1. The minimum Gasteiger partial charge on any atom is -0.464 e. The van der Waals surface area contributed by atoms with E-state index in [-0.39, 0.29) is 5.56 Å². The number of hydrogen-bond donors (Lipinski definition) is 1. The predicted octanol–water partition coefficient (Wildman–Crippen LogP) is 3.82. The number of nitrogens with one attached hydrogen (secondary N) is 1. The lowest BCUT2D eigenvalue weighted by Crippen LogP contribution is -2.21. The van der Waals surface area contributed by atoms with Gasteiger partial charge in [-0.3, -0.25) is 9.69 Å². The van der Waals surface area contributed by atoms with Crippen LogP contribution in [0.15, 0.2) is 21.3 Å². The van der Waals surface area contributed by atoms with Crippen molar-refractivity contribution in [3.63, 3.8) is 0 Å². The number of aryl methyl sites for hydroxylation is 2. The van der Waals surface area contributed by atoms with Gasteiger partial charge in [0, 0.05) is 10.8 Å². The van der Waals surface area contributed by atoms with Crippen molar-refractivity contribution in [3.05, 3.63) is 50.3 Å². The minimum atomic E-state index is 0.0146. The molecule has 0 unspecified atom stereocenters. The summed E-state index contributed by atoms with van der Waals surface area (Å²) in [5.41, 5.74) is 1.25. The van der Waals surface area contributed by atoms with Crippen LogP contribution in [-0.2, 0) is 25.9 Å². The molecule has 0 aromatic carbocycles. The van der Waals surface area contributed by atoms with Crippen LogP contribution in [0.4, 0.5) is 0 Å². The summed E-state index contributed by atoms with van der Waals surface area (Å²) in [5.74, 6) is 4.17. The van der Waals surface area contributed by atoms with Crippen LogP contribution in [0.3, 0.4) is 0 Å². The molecule has 1 saturated carbocycles. The number of hydrogen-bond acceptors (Lipinski definition) is 5. The predicted molar refractivity (Wildman–Crippen MR) is 103 cm³/mol. The lowest BCUT2D eigenvalue weighted by Gasteiger charge is -2.14. The minimum absolute atomic E-state index is 0.0146. The van der Waals surface area contributed by atoms with E-state index in [2.05, 4.69) is 28.9 Å². The van der Waals surface area contributed by atoms with Crippen molar-refractivity contribution < 1.29 is 4.42 Å². The molecule has 0 radical (unpaired) electrons. The second kappa shape index (κ2) is 6.06. The van der Waals surface area contributed by atoms with E-state index in [0.29, 0.717) is 19.0 Å². The van der Waals surface area contributed by atoms with Gasteiger partial charge < -0.3 is 9.40 Å². The van der Waals surface area contributed by atoms with E-state index >= 15 is 0 Å². The fourth-order valence-electron chi connectivity index (χ4n) is 4.10. The SMILES string of the molecule is C[C@H]1C[C@H]1c1ccc(CN(C)Cc2nc3sc4c(c3c(=O)[nH]2)CCC4)o1. The van der Waals surface area contributed by atoms with Crippen LogP contribution in [0, 0.1) is 5.92 Å². The summed E-state index contributed by atoms with van der Waals surface area (Å²) in [5, 5.41) is 0.822. The van der Waals surface area contributed by atoms with E-state index < -0.39 is 0 Å². The summed E-state index contributed by atoms with van der Waals surface area (Å²) in [6.45, 7) is 3.57. The maximum Gasteiger partial charge on any atom is 0.259 e. The lowest BCUT2D eigenvalue weighted by atomic mass is 10.2. The normalized spacial score (nSPS) is 21.7. The zero-order valence-corrected chi connectivity index (χ0v) is 16.0. The zero-order valence-electron chi connectivity index (χ0n) is 15.2. The Hall–Kier alpha value is -1.92. The fourth-order valence-corrected chi connectivity index (χ4v) is 5.38. The maximum absolute atomic E-state index is 12.6. The highest BCUT2D eigenvalue weighted by Gasteiger charge is 2.36. The van der Waals surface area contributed by atoms with Gasteiger partial charge in [-0.2, -0.15) is 0 Å². The molecule has 2 atom stereocenters. The first-order chi connectivity index (χ1) is 12.6. The summed E-state index contributed by atoms with van der Waals surface area (Å²) in [7, 11) is 2.03. The molecule has 0 bridgehead atoms. The van der Waals surface area contributed by atoms with Crippen molar-refractivity contribution in [1.82, 2.24) is 14.9 Å². The number of aromatic nitrogens is 2. The molecular formula is C20H23N3O2S. The summed E-state index contributed by atoms with van der Waals surface area (Å²) < 4.78 is 5.99. The molecule has 2 aliphatic rings. The van der Waals surface area contributed by atoms with Crippen LogP contribution in [0.2, 0.25) is 0 Å². The van der Waals surface area contributed by atoms with Crippen molar-refractivity contribution in [2.75, 3.05) is 7.05 Å². The molecule has 2 aliphatic carbocycles. The molecule has 1 N–H and O–H groups in total. The van der Waals surface area contributed by atoms with Gasteiger partial charge in [-0.05, 0) is 56.3 Å². The Morgan fingerprint density at radius 3 is 3.00 bits per heavy atom. The zero-order chi connectivity index (χ0) is 17.8. The number of rotatable bonds is 5. The first-order valence-corrected chi connectivity index (χ1v) is 10.2. The van der Waals surface area contributed by atoms with Crippen molar-refractivity contribution in [1.29, 1.82) is 0 Å². The van der Waals surface area contributed by atoms with Gasteiger partial charge in [-0.15, -0.1) is 11.3 Å². The maximum atomic E-state index is 12.6. The summed E-state index contributed by atoms with van der Waals surface area (Å²) in [6.07, 6.45) is 4.50. The molecule has 0 saturated heterocycles. The van der Waals surface area contributed by atoms with Gasteiger partial charge in [0.2, 0.25) is 0 Å². The average molecular weight is 369 g/mol. The molecule has 136 valence electrons. The van der Waals surface area contributed by atoms with E-state index in [4.69, 9.17) is 9.40 Å². The molecule has 5 rings (SSSR count). The van der Waals surface area contributed by atoms with Gasteiger partial charge in [0.1, 0.15) is 22.2 Å². The Morgan fingerprint density at radius 1 is 1.35 bits per heavy atom. The van der Waals surface area contributed by atoms with Crippen LogP contribution in [0.25, 0.3) is 10.2 Å². The fraction of sp³-hybridized carbons (Fsp3) is 0.500. The third-order valence-electron chi connectivity index (χ3n) is 5.63. The van der Waals surface area contributed by atoms with E-state index in [1.807, 2.05) is 7.05 Å². The Labute approximate surface area is 156 Å². The molecule has 1 fully saturated rings. The van der Waals surface area contributed by atoms with Gasteiger partial charge in [0.05, 0.1) is 18.5 Å². The number of fused-ring (bicyclic) bond motifs is 3. The monoisotopic (exact) mass is 369 g/mol. The third-order valence-corrected chi connectivity index (χ3v) is 6.81. The average Bonchev–Trinajstić information content (AvgIpc) is 2.96. The molecule has 3 heterocycles. The van der Waals surface area contributed by atoms with Crippen molar-refractivity contribution in [2.45, 2.75) is 51.6 Å². The standard InChI is InChI=1S/C20H23N3O2S/c1-11-8-14(11)15-7-6-12(25-15)9-23(2)10-17-21-19(24)18-13-4-3-5-16(13)26-20(18)22-17/h6-7,11,14H,3-5,8-10H2,1-2H3,(H,21,22,24)/t11-,14+/m0/s1. The summed E-state index contributed by atoms with van der Waals surface area (Å²) in [4.78, 5) is 24.6. The molecule has 3 aromatic rings. The van der Waals surface area contributed by atoms with E-state index in [9.17, 15) is 4.79 Å². The Kier molecular flexibility index (Phi) is 3.79. The Morgan fingerprint density at radius 2 is 2.19 bits per heavy atom. The van der Waals surface area contributed by atoms with Crippen molar-refractivity contribution in [3.8, 4) is 0 Å². The second-order valence-corrected chi connectivity index (χ2v) is 8.93. The van der Waals surface area contributed by atoms with Crippen molar-refractivity contribution >= 4 is 21.6 Å². The number of aromatic amines is 1. The van der Waals surface area contributed by atoms with Crippen LogP contribution < -0.4 is 5.56 Å². The van der Waals surface area contributed by atoms with Gasteiger partial charge in [-0.1, -0.05) is 6.92 Å². The first-order valence-electron chi connectivity index (χ1n) is 9.39. The highest BCUT2D eigenvalue weighted by molar-refractivity contribution is 7.18. The molecule has 0 aliphatic heterocycles. The molecule has 6 heteroatoms. The molecule has 3 aromatic heterocycles. The molecule has 5 nitrogen and oxygen atoms in total. The number of furan rings is 1. The Balaban J connectivity index is 1.32.